The van der Waals surface area contributed by atoms with E-state index in [2.05, 4.69) is 44.2 Å². The van der Waals surface area contributed by atoms with E-state index in [1.165, 1.54) is 34.4 Å². The maximum Gasteiger partial charge on any atom is 0.181 e. The Balaban J connectivity index is 0.927. The summed E-state index contributed by atoms with van der Waals surface area (Å²) in [4.78, 5) is 29.8. The third-order valence-electron chi connectivity index (χ3n) is 8.85. The third-order valence-corrected chi connectivity index (χ3v) is 11.4. The standard InChI is InChI=1S/C44H26N8O2S3/c1-5-19-45-31(9-1)35-23-27(24-36(49-35)32-10-2-6-20-46-32)53-41-17-15-39(55-41)29-13-14-30(44-43(29)51-57-52-44)40-16-18-42(56-40)54-28-25-37(33-11-3-7-21-47-33)50-38(26-28)34-12-4-8-22-48-34/h1-26H. The normalized spacial score (nSPS) is 11.2. The predicted molar refractivity (Wildman–Crippen MR) is 226 cm³/mol. The van der Waals surface area contributed by atoms with Gasteiger partial charge in [0.15, 0.2) is 10.1 Å². The summed E-state index contributed by atoms with van der Waals surface area (Å²) in [6, 6.07) is 42.9. The molecule has 0 unspecified atom stereocenters. The van der Waals surface area contributed by atoms with E-state index in [9.17, 15) is 0 Å². The quantitative estimate of drug-likeness (QED) is 0.132. The number of nitrogens with zero attached hydrogens (tertiary/aromatic N) is 8. The van der Waals surface area contributed by atoms with Crippen LogP contribution in [0, 0.1) is 0 Å². The van der Waals surface area contributed by atoms with Crippen LogP contribution in [-0.4, -0.2) is 38.7 Å². The molecule has 10 aromatic rings. The van der Waals surface area contributed by atoms with E-state index in [1.807, 2.05) is 109 Å². The van der Waals surface area contributed by atoms with Crippen LogP contribution in [-0.2, 0) is 0 Å². The van der Waals surface area contributed by atoms with Crippen molar-refractivity contribution in [1.29, 1.82) is 0 Å². The van der Waals surface area contributed by atoms with E-state index < -0.39 is 0 Å². The lowest BCUT2D eigenvalue weighted by Gasteiger charge is -2.09. The first-order chi connectivity index (χ1) is 28.2. The van der Waals surface area contributed by atoms with Gasteiger partial charge in [0.2, 0.25) is 0 Å². The van der Waals surface area contributed by atoms with E-state index in [-0.39, 0.29) is 0 Å². The largest absolute Gasteiger partial charge is 0.447 e. The predicted octanol–water partition coefficient (Wildman–Crippen LogP) is 11.8. The van der Waals surface area contributed by atoms with Crippen LogP contribution in [0.3, 0.4) is 0 Å². The van der Waals surface area contributed by atoms with Crippen molar-refractivity contribution in [3.05, 3.63) is 158 Å². The molecule has 0 aliphatic rings. The fourth-order valence-electron chi connectivity index (χ4n) is 6.25. The van der Waals surface area contributed by atoms with Gasteiger partial charge in [-0.2, -0.15) is 8.75 Å². The topological polar surface area (TPSA) is 122 Å². The lowest BCUT2D eigenvalue weighted by Crippen LogP contribution is -1.94. The molecule has 272 valence electrons. The molecule has 0 aliphatic carbocycles. The molecule has 13 heteroatoms. The van der Waals surface area contributed by atoms with Gasteiger partial charge in [0.05, 0.1) is 57.3 Å². The highest BCUT2D eigenvalue weighted by Crippen LogP contribution is 2.44. The number of hydrogen-bond acceptors (Lipinski definition) is 13. The summed E-state index contributed by atoms with van der Waals surface area (Å²) in [5.41, 5.74) is 9.39. The molecule has 0 bridgehead atoms. The van der Waals surface area contributed by atoms with Gasteiger partial charge in [-0.15, -0.1) is 0 Å². The van der Waals surface area contributed by atoms with Gasteiger partial charge < -0.3 is 9.47 Å². The minimum atomic E-state index is 0.638. The van der Waals surface area contributed by atoms with Gasteiger partial charge >= 0.3 is 0 Å². The van der Waals surface area contributed by atoms with Crippen molar-refractivity contribution in [3.8, 4) is 88.1 Å². The maximum absolute atomic E-state index is 6.47. The zero-order valence-corrected chi connectivity index (χ0v) is 32.1. The molecule has 0 radical (unpaired) electrons. The van der Waals surface area contributed by atoms with Gasteiger partial charge in [-0.05, 0) is 72.8 Å². The molecule has 9 heterocycles. The van der Waals surface area contributed by atoms with Gasteiger partial charge in [0, 0.05) is 69.9 Å². The second-order valence-electron chi connectivity index (χ2n) is 12.6. The highest BCUT2D eigenvalue weighted by molar-refractivity contribution is 7.17. The minimum absolute atomic E-state index is 0.638. The number of ether oxygens (including phenoxy) is 2. The van der Waals surface area contributed by atoms with Crippen LogP contribution in [0.5, 0.6) is 21.6 Å². The first kappa shape index (κ1) is 34.4. The summed E-state index contributed by atoms with van der Waals surface area (Å²) in [5, 5.41) is 1.45. The Kier molecular flexibility index (Phi) is 9.20. The fourth-order valence-corrected chi connectivity index (χ4v) is 8.62. The van der Waals surface area contributed by atoms with Crippen molar-refractivity contribution in [3.63, 3.8) is 0 Å². The van der Waals surface area contributed by atoms with E-state index in [4.69, 9.17) is 28.2 Å². The Morgan fingerprint density at radius 3 is 1.07 bits per heavy atom. The average molecular weight is 795 g/mol. The molecule has 0 N–H and O–H groups in total. The molecular formula is C44H26N8O2S3. The van der Waals surface area contributed by atoms with Crippen molar-refractivity contribution < 1.29 is 9.47 Å². The van der Waals surface area contributed by atoms with E-state index >= 15 is 0 Å². The summed E-state index contributed by atoms with van der Waals surface area (Å²) in [6.07, 6.45) is 7.01. The number of aromatic nitrogens is 8. The van der Waals surface area contributed by atoms with Gasteiger partial charge in [0.1, 0.15) is 22.5 Å². The van der Waals surface area contributed by atoms with Gasteiger partial charge in [0.25, 0.3) is 0 Å². The van der Waals surface area contributed by atoms with Gasteiger partial charge in [-0.3, -0.25) is 19.9 Å². The second kappa shape index (κ2) is 15.2. The monoisotopic (exact) mass is 794 g/mol. The summed E-state index contributed by atoms with van der Waals surface area (Å²) < 4.78 is 22.4. The fraction of sp³-hybridized carbons (Fsp3) is 0. The van der Waals surface area contributed by atoms with E-state index in [0.717, 1.165) is 64.8 Å². The number of benzene rings is 1. The first-order valence-corrected chi connectivity index (χ1v) is 20.1. The summed E-state index contributed by atoms with van der Waals surface area (Å²) in [5.74, 6) is 1.28. The zero-order valence-electron chi connectivity index (χ0n) is 29.6. The van der Waals surface area contributed by atoms with Crippen molar-refractivity contribution in [2.75, 3.05) is 0 Å². The highest BCUT2D eigenvalue weighted by atomic mass is 32.1. The molecule has 0 spiro atoms. The van der Waals surface area contributed by atoms with E-state index in [1.54, 1.807) is 24.8 Å². The van der Waals surface area contributed by atoms with Crippen LogP contribution in [0.1, 0.15) is 0 Å². The summed E-state index contributed by atoms with van der Waals surface area (Å²) in [7, 11) is 0. The number of thiophene rings is 2. The van der Waals surface area contributed by atoms with Crippen LogP contribution in [0.15, 0.2) is 158 Å². The Bertz CT molecular complexity index is 2660. The Labute approximate surface area is 338 Å². The molecule has 0 atom stereocenters. The molecule has 0 fully saturated rings. The van der Waals surface area contributed by atoms with Gasteiger partial charge in [-0.1, -0.05) is 59.1 Å². The minimum Gasteiger partial charge on any atom is -0.447 e. The average Bonchev–Trinajstić information content (AvgIpc) is 4.07. The second-order valence-corrected chi connectivity index (χ2v) is 15.2. The number of hydrogen-bond donors (Lipinski definition) is 0. The molecule has 0 aliphatic heterocycles. The molecular weight excluding hydrogens is 769 g/mol. The molecule has 9 aromatic heterocycles. The zero-order chi connectivity index (χ0) is 38.0. The summed E-state index contributed by atoms with van der Waals surface area (Å²) in [6.45, 7) is 0. The Morgan fingerprint density at radius 2 is 0.737 bits per heavy atom. The molecule has 57 heavy (non-hydrogen) atoms. The number of pyridine rings is 6. The molecule has 0 saturated carbocycles. The maximum atomic E-state index is 6.47. The van der Waals surface area contributed by atoms with Crippen molar-refractivity contribution in [2.24, 2.45) is 0 Å². The van der Waals surface area contributed by atoms with Crippen LogP contribution in [0.4, 0.5) is 0 Å². The first-order valence-electron chi connectivity index (χ1n) is 17.7. The highest BCUT2D eigenvalue weighted by Gasteiger charge is 2.18. The molecule has 10 nitrogen and oxygen atoms in total. The van der Waals surface area contributed by atoms with E-state index in [0.29, 0.717) is 34.3 Å². The lowest BCUT2D eigenvalue weighted by atomic mass is 10.1. The van der Waals surface area contributed by atoms with Crippen LogP contribution >= 0.6 is 34.4 Å². The number of rotatable bonds is 10. The molecule has 0 saturated heterocycles. The van der Waals surface area contributed by atoms with Crippen molar-refractivity contribution >= 4 is 45.4 Å². The lowest BCUT2D eigenvalue weighted by molar-refractivity contribution is 0.496. The van der Waals surface area contributed by atoms with Gasteiger partial charge in [-0.25, -0.2) is 9.97 Å². The van der Waals surface area contributed by atoms with Crippen LogP contribution < -0.4 is 9.47 Å². The smallest absolute Gasteiger partial charge is 0.181 e. The molecule has 1 aromatic carbocycles. The number of fused-ring (bicyclic) bond motifs is 1. The van der Waals surface area contributed by atoms with Crippen molar-refractivity contribution in [1.82, 2.24) is 38.7 Å². The Morgan fingerprint density at radius 1 is 0.368 bits per heavy atom. The SMILES string of the molecule is c1ccc(-c2cc(Oc3ccc(-c4ccc(-c5ccc(Oc6cc(-c7ccccn7)nc(-c7ccccn7)c6)s5)c5nsnc45)s3)cc(-c3ccccn3)n2)nc1. The molecule has 10 rings (SSSR count). The summed E-state index contributed by atoms with van der Waals surface area (Å²) >= 11 is 4.28. The van der Waals surface area contributed by atoms with Crippen LogP contribution in [0.2, 0.25) is 0 Å². The van der Waals surface area contributed by atoms with Crippen molar-refractivity contribution in [2.45, 2.75) is 0 Å². The Hall–Kier alpha value is -7.06. The van der Waals surface area contributed by atoms with Crippen LogP contribution in [0.25, 0.3) is 77.5 Å². The molecule has 0 amide bonds. The third kappa shape index (κ3) is 7.25.